The van der Waals surface area contributed by atoms with Crippen molar-refractivity contribution in [2.45, 2.75) is 32.3 Å². The van der Waals surface area contributed by atoms with Gasteiger partial charge in [-0.1, -0.05) is 11.6 Å². The predicted octanol–water partition coefficient (Wildman–Crippen LogP) is 2.71. The van der Waals surface area contributed by atoms with Crippen molar-refractivity contribution in [3.8, 4) is 5.75 Å². The van der Waals surface area contributed by atoms with E-state index in [1.807, 2.05) is 0 Å². The Bertz CT molecular complexity index is 444. The molecule has 1 aliphatic rings. The number of carbonyl (C=O) groups is 1. The summed E-state index contributed by atoms with van der Waals surface area (Å²) in [5, 5.41) is 3.58. The summed E-state index contributed by atoms with van der Waals surface area (Å²) in [5.74, 6) is 0.575. The van der Waals surface area contributed by atoms with Gasteiger partial charge in [0.05, 0.1) is 0 Å². The lowest BCUT2D eigenvalue weighted by Crippen LogP contribution is -2.37. The second-order valence-electron chi connectivity index (χ2n) is 5.41. The summed E-state index contributed by atoms with van der Waals surface area (Å²) in [7, 11) is 0. The van der Waals surface area contributed by atoms with Crippen LogP contribution in [0.15, 0.2) is 24.3 Å². The van der Waals surface area contributed by atoms with Crippen LogP contribution in [-0.2, 0) is 4.79 Å². The zero-order valence-corrected chi connectivity index (χ0v) is 13.2. The van der Waals surface area contributed by atoms with Crippen LogP contribution in [0.2, 0.25) is 5.02 Å². The number of hydrogen-bond donors (Lipinski definition) is 1. The van der Waals surface area contributed by atoms with Crippen LogP contribution in [0.3, 0.4) is 0 Å². The molecule has 1 saturated heterocycles. The van der Waals surface area contributed by atoms with Gasteiger partial charge in [0.15, 0.2) is 6.10 Å². The van der Waals surface area contributed by atoms with Gasteiger partial charge in [-0.25, -0.2) is 0 Å². The summed E-state index contributed by atoms with van der Waals surface area (Å²) in [6.45, 7) is 5.91. The Morgan fingerprint density at radius 1 is 1.33 bits per heavy atom. The number of benzene rings is 1. The fraction of sp³-hybridized carbons (Fsp3) is 0.562. The highest BCUT2D eigenvalue weighted by molar-refractivity contribution is 6.30. The third-order valence-electron chi connectivity index (χ3n) is 3.64. The maximum absolute atomic E-state index is 11.9. The largest absolute Gasteiger partial charge is 0.481 e. The highest BCUT2D eigenvalue weighted by atomic mass is 35.5. The van der Waals surface area contributed by atoms with E-state index in [2.05, 4.69) is 10.2 Å². The lowest BCUT2D eigenvalue weighted by atomic mass is 10.3. The molecule has 1 amide bonds. The fourth-order valence-electron chi connectivity index (χ4n) is 2.44. The molecule has 1 aromatic rings. The highest BCUT2D eigenvalue weighted by Gasteiger charge is 2.15. The lowest BCUT2D eigenvalue weighted by Gasteiger charge is -2.16. The minimum absolute atomic E-state index is 0.0774. The number of nitrogens with zero attached hydrogens (tertiary/aromatic N) is 1. The first kappa shape index (κ1) is 16.1. The van der Waals surface area contributed by atoms with Crippen molar-refractivity contribution in [2.75, 3.05) is 26.2 Å². The van der Waals surface area contributed by atoms with Gasteiger partial charge >= 0.3 is 0 Å². The average molecular weight is 311 g/mol. The minimum Gasteiger partial charge on any atom is -0.481 e. The highest BCUT2D eigenvalue weighted by Crippen LogP contribution is 2.16. The zero-order chi connectivity index (χ0) is 15.1. The Morgan fingerprint density at radius 3 is 2.67 bits per heavy atom. The Labute approximate surface area is 131 Å². The number of hydrogen-bond acceptors (Lipinski definition) is 3. The van der Waals surface area contributed by atoms with Crippen LogP contribution in [0.25, 0.3) is 0 Å². The molecule has 0 aliphatic carbocycles. The Morgan fingerprint density at radius 2 is 2.00 bits per heavy atom. The van der Waals surface area contributed by atoms with Crippen molar-refractivity contribution >= 4 is 17.5 Å². The Hall–Kier alpha value is -1.26. The molecule has 1 aliphatic heterocycles. The van der Waals surface area contributed by atoms with E-state index in [0.717, 1.165) is 13.0 Å². The fourth-order valence-corrected chi connectivity index (χ4v) is 2.56. The molecule has 0 radical (unpaired) electrons. The smallest absolute Gasteiger partial charge is 0.260 e. The number of halogens is 1. The molecular formula is C16H23ClN2O2. The van der Waals surface area contributed by atoms with E-state index in [9.17, 15) is 4.79 Å². The minimum atomic E-state index is -0.502. The van der Waals surface area contributed by atoms with E-state index in [1.54, 1.807) is 31.2 Å². The second-order valence-corrected chi connectivity index (χ2v) is 5.84. The predicted molar refractivity (Wildman–Crippen MR) is 84.8 cm³/mol. The van der Waals surface area contributed by atoms with Crippen molar-refractivity contribution in [1.82, 2.24) is 10.2 Å². The van der Waals surface area contributed by atoms with Gasteiger partial charge in [-0.3, -0.25) is 4.79 Å². The van der Waals surface area contributed by atoms with Gasteiger partial charge in [0.1, 0.15) is 5.75 Å². The molecule has 5 heteroatoms. The number of amides is 1. The summed E-state index contributed by atoms with van der Waals surface area (Å²) in [6, 6.07) is 7.02. The summed E-state index contributed by atoms with van der Waals surface area (Å²) in [5.41, 5.74) is 0. The van der Waals surface area contributed by atoms with Crippen LogP contribution < -0.4 is 10.1 Å². The van der Waals surface area contributed by atoms with Gasteiger partial charge in [-0.15, -0.1) is 0 Å². The van der Waals surface area contributed by atoms with Crippen LogP contribution in [0.4, 0.5) is 0 Å². The summed E-state index contributed by atoms with van der Waals surface area (Å²) >= 11 is 5.81. The summed E-state index contributed by atoms with van der Waals surface area (Å²) in [6.07, 6.45) is 3.09. The van der Waals surface area contributed by atoms with Gasteiger partial charge in [0, 0.05) is 11.6 Å². The quantitative estimate of drug-likeness (QED) is 0.787. The normalized spacial score (nSPS) is 16.7. The third-order valence-corrected chi connectivity index (χ3v) is 3.90. The number of rotatable bonds is 7. The first-order chi connectivity index (χ1) is 10.1. The molecule has 1 fully saturated rings. The molecular weight excluding hydrogens is 288 g/mol. The van der Waals surface area contributed by atoms with Gasteiger partial charge in [0.2, 0.25) is 0 Å². The number of nitrogens with one attached hydrogen (secondary N) is 1. The molecule has 2 rings (SSSR count). The standard InChI is InChI=1S/C16H23ClN2O2/c1-13(21-15-7-5-14(17)6-8-15)16(20)18-9-4-12-19-10-2-3-11-19/h5-8,13H,2-4,9-12H2,1H3,(H,18,20). The first-order valence-electron chi connectivity index (χ1n) is 7.57. The molecule has 0 spiro atoms. The van der Waals surface area contributed by atoms with Gasteiger partial charge in [0.25, 0.3) is 5.91 Å². The van der Waals surface area contributed by atoms with Crippen LogP contribution in [-0.4, -0.2) is 43.1 Å². The molecule has 21 heavy (non-hydrogen) atoms. The summed E-state index contributed by atoms with van der Waals surface area (Å²) in [4.78, 5) is 14.4. The number of carbonyl (C=O) groups excluding carboxylic acids is 1. The van der Waals surface area contributed by atoms with E-state index < -0.39 is 6.10 Å². The second kappa shape index (κ2) is 8.25. The van der Waals surface area contributed by atoms with Crippen molar-refractivity contribution in [2.24, 2.45) is 0 Å². The Balaban J connectivity index is 1.63. The molecule has 1 aromatic carbocycles. The van der Waals surface area contributed by atoms with Crippen molar-refractivity contribution < 1.29 is 9.53 Å². The average Bonchev–Trinajstić information content (AvgIpc) is 2.99. The maximum Gasteiger partial charge on any atom is 0.260 e. The first-order valence-corrected chi connectivity index (χ1v) is 7.95. The van der Waals surface area contributed by atoms with Gasteiger partial charge < -0.3 is 15.0 Å². The molecule has 1 N–H and O–H groups in total. The van der Waals surface area contributed by atoms with Crippen LogP contribution in [0.5, 0.6) is 5.75 Å². The van der Waals surface area contributed by atoms with Crippen molar-refractivity contribution in [1.29, 1.82) is 0 Å². The van der Waals surface area contributed by atoms with Gasteiger partial charge in [-0.2, -0.15) is 0 Å². The monoisotopic (exact) mass is 310 g/mol. The topological polar surface area (TPSA) is 41.6 Å². The van der Waals surface area contributed by atoms with Crippen LogP contribution in [0, 0.1) is 0 Å². The van der Waals surface area contributed by atoms with Crippen molar-refractivity contribution in [3.05, 3.63) is 29.3 Å². The number of likely N-dealkylation sites (tertiary alicyclic amines) is 1. The van der Waals surface area contributed by atoms with E-state index in [0.29, 0.717) is 17.3 Å². The molecule has 1 heterocycles. The molecule has 0 aromatic heterocycles. The van der Waals surface area contributed by atoms with Gasteiger partial charge in [-0.05, 0) is 70.1 Å². The Kier molecular flexibility index (Phi) is 6.33. The molecule has 0 saturated carbocycles. The van der Waals surface area contributed by atoms with E-state index >= 15 is 0 Å². The third kappa shape index (κ3) is 5.56. The lowest BCUT2D eigenvalue weighted by molar-refractivity contribution is -0.127. The van der Waals surface area contributed by atoms with Crippen molar-refractivity contribution in [3.63, 3.8) is 0 Å². The van der Waals surface area contributed by atoms with E-state index in [4.69, 9.17) is 16.3 Å². The van der Waals surface area contributed by atoms with Crippen LogP contribution in [0.1, 0.15) is 26.2 Å². The maximum atomic E-state index is 11.9. The molecule has 4 nitrogen and oxygen atoms in total. The number of ether oxygens (including phenoxy) is 1. The van der Waals surface area contributed by atoms with E-state index in [1.165, 1.54) is 25.9 Å². The zero-order valence-electron chi connectivity index (χ0n) is 12.5. The molecule has 1 atom stereocenters. The molecule has 116 valence electrons. The van der Waals surface area contributed by atoms with E-state index in [-0.39, 0.29) is 5.91 Å². The van der Waals surface area contributed by atoms with Crippen LogP contribution >= 0.6 is 11.6 Å². The summed E-state index contributed by atoms with van der Waals surface area (Å²) < 4.78 is 5.58. The SMILES string of the molecule is CC(Oc1ccc(Cl)cc1)C(=O)NCCCN1CCCC1. The molecule has 0 bridgehead atoms. The molecule has 1 unspecified atom stereocenters.